The third-order valence-corrected chi connectivity index (χ3v) is 5.09. The Morgan fingerprint density at radius 3 is 2.03 bits per heavy atom. The van der Waals surface area contributed by atoms with Crippen molar-refractivity contribution in [3.05, 3.63) is 17.9 Å². The number of amides is 1. The molecular weight excluding hydrogens is 426 g/mol. The third kappa shape index (κ3) is 15.0. The third-order valence-electron chi connectivity index (χ3n) is 5.09. The van der Waals surface area contributed by atoms with Crippen LogP contribution in [0.4, 0.5) is 0 Å². The predicted octanol–water partition coefficient (Wildman–Crippen LogP) is 5.20. The largest absolute Gasteiger partial charge is 0.465 e. The highest BCUT2D eigenvalue weighted by Crippen LogP contribution is 2.18. The zero-order chi connectivity index (χ0) is 24.2. The fourth-order valence-electron chi connectivity index (χ4n) is 3.26. The van der Waals surface area contributed by atoms with Crippen molar-refractivity contribution < 1.29 is 33.0 Å². The van der Waals surface area contributed by atoms with E-state index in [-0.39, 0.29) is 24.9 Å². The van der Waals surface area contributed by atoms with Gasteiger partial charge in [0.1, 0.15) is 6.54 Å². The molecule has 1 N–H and O–H groups in total. The van der Waals surface area contributed by atoms with Gasteiger partial charge in [-0.1, -0.05) is 77.6 Å². The van der Waals surface area contributed by atoms with E-state index in [1.54, 1.807) is 13.0 Å². The minimum absolute atomic E-state index is 0.0436. The van der Waals surface area contributed by atoms with Crippen LogP contribution in [0.5, 0.6) is 5.95 Å². The number of ether oxygens (including phenoxy) is 3. The maximum atomic E-state index is 11.9. The SMILES string of the molecule is CCCCCCCCCCCCCCOc1ccc(C(=O)OCC(=O)NCC(=O)OCC)o1. The van der Waals surface area contributed by atoms with Crippen molar-refractivity contribution in [2.75, 3.05) is 26.4 Å². The van der Waals surface area contributed by atoms with Crippen molar-refractivity contribution in [2.24, 2.45) is 0 Å². The van der Waals surface area contributed by atoms with Crippen LogP contribution in [0.25, 0.3) is 0 Å². The molecule has 1 aromatic rings. The smallest absolute Gasteiger partial charge is 0.374 e. The highest BCUT2D eigenvalue weighted by molar-refractivity contribution is 5.89. The summed E-state index contributed by atoms with van der Waals surface area (Å²) in [7, 11) is 0. The molecule has 0 saturated heterocycles. The van der Waals surface area contributed by atoms with E-state index in [0.717, 1.165) is 12.8 Å². The monoisotopic (exact) mass is 467 g/mol. The van der Waals surface area contributed by atoms with Gasteiger partial charge in [0.25, 0.3) is 11.9 Å². The van der Waals surface area contributed by atoms with Crippen LogP contribution in [0.3, 0.4) is 0 Å². The number of hydrogen-bond donors (Lipinski definition) is 1. The van der Waals surface area contributed by atoms with Gasteiger partial charge in [-0.15, -0.1) is 0 Å². The van der Waals surface area contributed by atoms with Crippen LogP contribution in [-0.2, 0) is 19.1 Å². The second kappa shape index (κ2) is 19.0. The Balaban J connectivity index is 2.04. The fraction of sp³-hybridized carbons (Fsp3) is 0.720. The lowest BCUT2D eigenvalue weighted by Gasteiger charge is -2.05. The average Bonchev–Trinajstić information content (AvgIpc) is 3.28. The van der Waals surface area contributed by atoms with Gasteiger partial charge in [0.05, 0.1) is 13.2 Å². The molecule has 0 radical (unpaired) electrons. The summed E-state index contributed by atoms with van der Waals surface area (Å²) in [4.78, 5) is 34.7. The van der Waals surface area contributed by atoms with Crippen LogP contribution in [0.1, 0.15) is 101 Å². The van der Waals surface area contributed by atoms with Crippen LogP contribution in [0.2, 0.25) is 0 Å². The molecule has 1 amide bonds. The molecule has 0 fully saturated rings. The molecule has 0 aliphatic heterocycles. The predicted molar refractivity (Wildman–Crippen MR) is 125 cm³/mol. The molecule has 0 bridgehead atoms. The van der Waals surface area contributed by atoms with Gasteiger partial charge in [-0.2, -0.15) is 0 Å². The first-order valence-electron chi connectivity index (χ1n) is 12.4. The van der Waals surface area contributed by atoms with E-state index in [9.17, 15) is 14.4 Å². The molecule has 188 valence electrons. The molecule has 0 atom stereocenters. The van der Waals surface area contributed by atoms with Gasteiger partial charge in [-0.25, -0.2) is 4.79 Å². The van der Waals surface area contributed by atoms with Crippen molar-refractivity contribution in [3.8, 4) is 5.95 Å². The first-order chi connectivity index (χ1) is 16.1. The van der Waals surface area contributed by atoms with E-state index in [1.807, 2.05) is 0 Å². The van der Waals surface area contributed by atoms with Crippen LogP contribution < -0.4 is 10.1 Å². The Labute approximate surface area is 197 Å². The maximum absolute atomic E-state index is 11.9. The second-order valence-corrected chi connectivity index (χ2v) is 8.01. The number of esters is 2. The van der Waals surface area contributed by atoms with E-state index in [1.165, 1.54) is 70.3 Å². The quantitative estimate of drug-likeness (QED) is 0.208. The Morgan fingerprint density at radius 1 is 0.818 bits per heavy atom. The average molecular weight is 468 g/mol. The summed E-state index contributed by atoms with van der Waals surface area (Å²) in [6.45, 7) is 3.87. The Kier molecular flexibility index (Phi) is 16.4. The summed E-state index contributed by atoms with van der Waals surface area (Å²) >= 11 is 0. The first kappa shape index (κ1) is 28.5. The Hall–Kier alpha value is -2.51. The number of hydrogen-bond acceptors (Lipinski definition) is 7. The van der Waals surface area contributed by atoms with Crippen LogP contribution in [0.15, 0.2) is 16.5 Å². The number of nitrogens with one attached hydrogen (secondary N) is 1. The van der Waals surface area contributed by atoms with E-state index in [2.05, 4.69) is 17.0 Å². The van der Waals surface area contributed by atoms with Gasteiger partial charge < -0.3 is 23.9 Å². The molecule has 0 aromatic carbocycles. The van der Waals surface area contributed by atoms with Crippen molar-refractivity contribution in [1.82, 2.24) is 5.32 Å². The highest BCUT2D eigenvalue weighted by atomic mass is 16.6. The molecule has 8 heteroatoms. The molecule has 1 heterocycles. The van der Waals surface area contributed by atoms with Crippen LogP contribution in [0, 0.1) is 0 Å². The number of carbonyl (C=O) groups is 3. The topological polar surface area (TPSA) is 104 Å². The van der Waals surface area contributed by atoms with Crippen molar-refractivity contribution in [1.29, 1.82) is 0 Å². The molecule has 0 aliphatic rings. The van der Waals surface area contributed by atoms with Gasteiger partial charge >= 0.3 is 11.9 Å². The van der Waals surface area contributed by atoms with Crippen LogP contribution >= 0.6 is 0 Å². The first-order valence-corrected chi connectivity index (χ1v) is 12.4. The molecule has 0 aliphatic carbocycles. The van der Waals surface area contributed by atoms with Crippen LogP contribution in [-0.4, -0.2) is 44.2 Å². The van der Waals surface area contributed by atoms with E-state index in [0.29, 0.717) is 6.61 Å². The lowest BCUT2D eigenvalue weighted by Crippen LogP contribution is -2.33. The summed E-state index contributed by atoms with van der Waals surface area (Å²) in [5, 5.41) is 2.30. The minimum atomic E-state index is -0.776. The standard InChI is InChI=1S/C25H41NO7/c1-3-5-6-7-8-9-10-11-12-13-14-15-18-31-24-17-16-21(33-24)25(29)32-20-22(27)26-19-23(28)30-4-2/h16-17H,3-15,18-20H2,1-2H3,(H,26,27). The van der Waals surface area contributed by atoms with Gasteiger partial charge in [-0.3, -0.25) is 9.59 Å². The van der Waals surface area contributed by atoms with Gasteiger partial charge in [0, 0.05) is 6.07 Å². The van der Waals surface area contributed by atoms with Crippen molar-refractivity contribution >= 4 is 17.8 Å². The molecule has 33 heavy (non-hydrogen) atoms. The van der Waals surface area contributed by atoms with E-state index < -0.39 is 24.5 Å². The lowest BCUT2D eigenvalue weighted by atomic mass is 10.1. The second-order valence-electron chi connectivity index (χ2n) is 8.01. The molecule has 0 unspecified atom stereocenters. The van der Waals surface area contributed by atoms with Crippen molar-refractivity contribution in [3.63, 3.8) is 0 Å². The summed E-state index contributed by atoms with van der Waals surface area (Å²) < 4.78 is 20.4. The van der Waals surface area contributed by atoms with E-state index >= 15 is 0 Å². The highest BCUT2D eigenvalue weighted by Gasteiger charge is 2.15. The zero-order valence-corrected chi connectivity index (χ0v) is 20.3. The molecule has 0 spiro atoms. The molecule has 8 nitrogen and oxygen atoms in total. The number of furan rings is 1. The number of rotatable bonds is 20. The minimum Gasteiger partial charge on any atom is -0.465 e. The number of unbranched alkanes of at least 4 members (excludes halogenated alkanes) is 11. The van der Waals surface area contributed by atoms with E-state index in [4.69, 9.17) is 13.9 Å². The van der Waals surface area contributed by atoms with Gasteiger partial charge in [-0.05, 0) is 19.4 Å². The fourth-order valence-corrected chi connectivity index (χ4v) is 3.26. The summed E-state index contributed by atoms with van der Waals surface area (Å²) in [6, 6.07) is 2.99. The molecule has 1 aromatic heterocycles. The molecule has 0 saturated carbocycles. The van der Waals surface area contributed by atoms with Crippen molar-refractivity contribution in [2.45, 2.75) is 90.9 Å². The summed E-state index contributed by atoms with van der Waals surface area (Å²) in [5.41, 5.74) is 0. The normalized spacial score (nSPS) is 10.6. The number of carbonyl (C=O) groups excluding carboxylic acids is 3. The van der Waals surface area contributed by atoms with Gasteiger partial charge in [0.2, 0.25) is 5.76 Å². The zero-order valence-electron chi connectivity index (χ0n) is 20.3. The Bertz CT molecular complexity index is 671. The lowest BCUT2D eigenvalue weighted by molar-refractivity contribution is -0.143. The Morgan fingerprint density at radius 2 is 1.42 bits per heavy atom. The molecule has 1 rings (SSSR count). The van der Waals surface area contributed by atoms with Gasteiger partial charge in [0.15, 0.2) is 6.61 Å². The maximum Gasteiger partial charge on any atom is 0.374 e. The summed E-state index contributed by atoms with van der Waals surface area (Å²) in [6.07, 6.45) is 15.3. The molecular formula is C25H41NO7. The summed E-state index contributed by atoms with van der Waals surface area (Å²) in [5.74, 6) is -1.74.